The van der Waals surface area contributed by atoms with E-state index in [9.17, 15) is 9.59 Å². The van der Waals surface area contributed by atoms with E-state index in [1.807, 2.05) is 62.4 Å². The molecule has 2 amide bonds. The molecule has 3 rings (SSSR count). The fourth-order valence-corrected chi connectivity index (χ4v) is 5.02. The molecule has 5 heteroatoms. The van der Waals surface area contributed by atoms with E-state index in [0.717, 1.165) is 16.8 Å². The standard InChI is InChI=1S/C23H28N2O2S/c1-15-10-12-17(13-11-15)24-20(26)19-14-28-22(23(3,4)5)25(19)21(27)18-9-7-6-8-16(18)2/h6-13,19,22H,14H2,1-5H3,(H,24,26). The summed E-state index contributed by atoms with van der Waals surface area (Å²) in [6, 6.07) is 14.8. The molecule has 0 spiro atoms. The quantitative estimate of drug-likeness (QED) is 0.805. The molecule has 0 aliphatic carbocycles. The van der Waals surface area contributed by atoms with Crippen molar-refractivity contribution in [2.45, 2.75) is 46.0 Å². The Morgan fingerprint density at radius 2 is 1.68 bits per heavy atom. The minimum atomic E-state index is -0.498. The Kier molecular flexibility index (Phi) is 5.84. The highest BCUT2D eigenvalue weighted by atomic mass is 32.2. The van der Waals surface area contributed by atoms with Gasteiger partial charge in [-0.3, -0.25) is 9.59 Å². The molecule has 2 atom stereocenters. The van der Waals surface area contributed by atoms with Gasteiger partial charge in [-0.05, 0) is 43.0 Å². The predicted octanol–water partition coefficient (Wildman–Crippen LogP) is 4.87. The van der Waals surface area contributed by atoms with Crippen LogP contribution in [-0.2, 0) is 4.79 Å². The lowest BCUT2D eigenvalue weighted by molar-refractivity contribution is -0.120. The van der Waals surface area contributed by atoms with Gasteiger partial charge in [0.05, 0.1) is 5.37 Å². The number of amides is 2. The van der Waals surface area contributed by atoms with Crippen LogP contribution in [0.5, 0.6) is 0 Å². The van der Waals surface area contributed by atoms with Crippen molar-refractivity contribution in [3.63, 3.8) is 0 Å². The van der Waals surface area contributed by atoms with Crippen molar-refractivity contribution in [3.05, 3.63) is 65.2 Å². The average molecular weight is 397 g/mol. The second kappa shape index (κ2) is 8.00. The number of rotatable bonds is 3. The first kappa shape index (κ1) is 20.5. The lowest BCUT2D eigenvalue weighted by atomic mass is 9.94. The number of nitrogens with one attached hydrogen (secondary N) is 1. The van der Waals surface area contributed by atoms with Crippen LogP contribution in [0.4, 0.5) is 5.69 Å². The molecule has 2 unspecified atom stereocenters. The molecule has 0 aromatic heterocycles. The van der Waals surface area contributed by atoms with E-state index in [1.165, 1.54) is 0 Å². The van der Waals surface area contributed by atoms with Gasteiger partial charge in [0.15, 0.2) is 0 Å². The van der Waals surface area contributed by atoms with Crippen LogP contribution in [0.2, 0.25) is 0 Å². The molecule has 2 aromatic rings. The van der Waals surface area contributed by atoms with Gasteiger partial charge in [-0.1, -0.05) is 56.7 Å². The van der Waals surface area contributed by atoms with Gasteiger partial charge in [0.25, 0.3) is 5.91 Å². The van der Waals surface area contributed by atoms with Crippen molar-refractivity contribution in [3.8, 4) is 0 Å². The molecule has 1 saturated heterocycles. The predicted molar refractivity (Wildman–Crippen MR) is 117 cm³/mol. The van der Waals surface area contributed by atoms with Gasteiger partial charge in [-0.2, -0.15) is 0 Å². The van der Waals surface area contributed by atoms with Crippen molar-refractivity contribution in [1.82, 2.24) is 4.90 Å². The van der Waals surface area contributed by atoms with Crippen LogP contribution in [0.1, 0.15) is 42.3 Å². The minimum absolute atomic E-state index is 0.0617. The van der Waals surface area contributed by atoms with Crippen LogP contribution in [0.3, 0.4) is 0 Å². The number of hydrogen-bond acceptors (Lipinski definition) is 3. The van der Waals surface area contributed by atoms with Crippen molar-refractivity contribution >= 4 is 29.3 Å². The summed E-state index contributed by atoms with van der Waals surface area (Å²) >= 11 is 1.68. The molecule has 1 heterocycles. The number of anilines is 1. The maximum absolute atomic E-state index is 13.5. The van der Waals surface area contributed by atoms with Crippen molar-refractivity contribution in [1.29, 1.82) is 0 Å². The van der Waals surface area contributed by atoms with E-state index in [1.54, 1.807) is 16.7 Å². The van der Waals surface area contributed by atoms with E-state index < -0.39 is 6.04 Å². The molecule has 1 aliphatic rings. The monoisotopic (exact) mass is 396 g/mol. The van der Waals surface area contributed by atoms with Crippen LogP contribution in [0.25, 0.3) is 0 Å². The number of hydrogen-bond donors (Lipinski definition) is 1. The lowest BCUT2D eigenvalue weighted by Gasteiger charge is -2.36. The molecule has 1 fully saturated rings. The van der Waals surface area contributed by atoms with Crippen molar-refractivity contribution in [2.24, 2.45) is 5.41 Å². The molecule has 1 N–H and O–H groups in total. The van der Waals surface area contributed by atoms with Gasteiger partial charge in [-0.15, -0.1) is 11.8 Å². The highest BCUT2D eigenvalue weighted by Crippen LogP contribution is 2.41. The highest BCUT2D eigenvalue weighted by molar-refractivity contribution is 8.00. The molecule has 2 aromatic carbocycles. The zero-order valence-corrected chi connectivity index (χ0v) is 18.0. The second-order valence-electron chi connectivity index (χ2n) is 8.45. The van der Waals surface area contributed by atoms with E-state index in [4.69, 9.17) is 0 Å². The number of benzene rings is 2. The van der Waals surface area contributed by atoms with Crippen LogP contribution in [0, 0.1) is 19.3 Å². The first-order valence-electron chi connectivity index (χ1n) is 9.56. The van der Waals surface area contributed by atoms with E-state index >= 15 is 0 Å². The van der Waals surface area contributed by atoms with E-state index in [2.05, 4.69) is 26.1 Å². The Hall–Kier alpha value is -2.27. The molecule has 1 aliphatic heterocycles. The minimum Gasteiger partial charge on any atom is -0.324 e. The number of carbonyl (C=O) groups excluding carboxylic acids is 2. The zero-order valence-electron chi connectivity index (χ0n) is 17.2. The topological polar surface area (TPSA) is 49.4 Å². The smallest absolute Gasteiger partial charge is 0.255 e. The van der Waals surface area contributed by atoms with E-state index in [-0.39, 0.29) is 22.6 Å². The summed E-state index contributed by atoms with van der Waals surface area (Å²) in [5.74, 6) is 0.383. The Labute approximate surface area is 171 Å². The number of aryl methyl sites for hydroxylation is 2. The summed E-state index contributed by atoms with van der Waals surface area (Å²) < 4.78 is 0. The van der Waals surface area contributed by atoms with Crippen LogP contribution in [0.15, 0.2) is 48.5 Å². The third-order valence-electron chi connectivity index (χ3n) is 4.97. The van der Waals surface area contributed by atoms with Gasteiger partial charge in [0, 0.05) is 17.0 Å². The molecule has 0 radical (unpaired) electrons. The maximum Gasteiger partial charge on any atom is 0.255 e. The summed E-state index contributed by atoms with van der Waals surface area (Å²) in [6.45, 7) is 10.3. The number of carbonyl (C=O) groups is 2. The molecule has 148 valence electrons. The van der Waals surface area contributed by atoms with Crippen LogP contribution < -0.4 is 5.32 Å². The Morgan fingerprint density at radius 3 is 2.29 bits per heavy atom. The van der Waals surface area contributed by atoms with Crippen molar-refractivity contribution in [2.75, 3.05) is 11.1 Å². The normalized spacial score (nSPS) is 19.5. The SMILES string of the molecule is Cc1ccc(NC(=O)C2CSC(C(C)(C)C)N2C(=O)c2ccccc2C)cc1. The number of nitrogens with zero attached hydrogens (tertiary/aromatic N) is 1. The Morgan fingerprint density at radius 1 is 1.04 bits per heavy atom. The summed E-state index contributed by atoms with van der Waals surface area (Å²) in [4.78, 5) is 28.3. The molecule has 0 saturated carbocycles. The highest BCUT2D eigenvalue weighted by Gasteiger charge is 2.46. The third kappa shape index (κ3) is 4.25. The van der Waals surface area contributed by atoms with Gasteiger partial charge >= 0.3 is 0 Å². The van der Waals surface area contributed by atoms with Gasteiger partial charge in [0.2, 0.25) is 5.91 Å². The Bertz CT molecular complexity index is 871. The molecule has 28 heavy (non-hydrogen) atoms. The summed E-state index contributed by atoms with van der Waals surface area (Å²) in [5, 5.41) is 2.93. The first-order valence-corrected chi connectivity index (χ1v) is 10.6. The summed E-state index contributed by atoms with van der Waals surface area (Å²) in [7, 11) is 0. The zero-order chi connectivity index (χ0) is 20.5. The van der Waals surface area contributed by atoms with E-state index in [0.29, 0.717) is 11.3 Å². The van der Waals surface area contributed by atoms with Crippen LogP contribution >= 0.6 is 11.8 Å². The third-order valence-corrected chi connectivity index (χ3v) is 6.73. The largest absolute Gasteiger partial charge is 0.324 e. The van der Waals surface area contributed by atoms with Gasteiger partial charge < -0.3 is 10.2 Å². The van der Waals surface area contributed by atoms with Crippen molar-refractivity contribution < 1.29 is 9.59 Å². The van der Waals surface area contributed by atoms with Crippen LogP contribution in [-0.4, -0.2) is 33.9 Å². The summed E-state index contributed by atoms with van der Waals surface area (Å²) in [6.07, 6.45) is 0. The van der Waals surface area contributed by atoms with Gasteiger partial charge in [-0.25, -0.2) is 0 Å². The first-order chi connectivity index (χ1) is 13.2. The number of thioether (sulfide) groups is 1. The van der Waals surface area contributed by atoms with Gasteiger partial charge in [0.1, 0.15) is 6.04 Å². The Balaban J connectivity index is 1.90. The fourth-order valence-electron chi connectivity index (χ4n) is 3.44. The second-order valence-corrected chi connectivity index (χ2v) is 9.56. The maximum atomic E-state index is 13.5. The molecule has 0 bridgehead atoms. The average Bonchev–Trinajstić information content (AvgIpc) is 3.09. The fraction of sp³-hybridized carbons (Fsp3) is 0.391. The molecular formula is C23H28N2O2S. The molecular weight excluding hydrogens is 368 g/mol. The molecule has 4 nitrogen and oxygen atoms in total. The lowest BCUT2D eigenvalue weighted by Crippen LogP contribution is -2.51. The summed E-state index contributed by atoms with van der Waals surface area (Å²) in [5.41, 5.74) is 3.34.